The lowest BCUT2D eigenvalue weighted by Crippen LogP contribution is -2.38. The van der Waals surface area contributed by atoms with Gasteiger partial charge in [0.25, 0.3) is 0 Å². The quantitative estimate of drug-likeness (QED) is 0.804. The Morgan fingerprint density at radius 2 is 2.06 bits per heavy atom. The molecule has 1 saturated carbocycles. The van der Waals surface area contributed by atoms with Gasteiger partial charge in [-0.15, -0.1) is 0 Å². The molecule has 2 N–H and O–H groups in total. The molecule has 3 heteroatoms. The van der Waals surface area contributed by atoms with Crippen LogP contribution in [0.3, 0.4) is 0 Å². The third-order valence-electron chi connectivity index (χ3n) is 2.92. The first-order chi connectivity index (χ1) is 7.66. The summed E-state index contributed by atoms with van der Waals surface area (Å²) in [5.74, 6) is 0. The molecule has 2 amide bonds. The molecule has 3 nitrogen and oxygen atoms in total. The number of carbonyl (C=O) groups excluding carboxylic acids is 1. The zero-order valence-corrected chi connectivity index (χ0v) is 9.79. The third-order valence-corrected chi connectivity index (χ3v) is 2.92. The Morgan fingerprint density at radius 3 is 2.69 bits per heavy atom. The molecule has 0 saturated heterocycles. The van der Waals surface area contributed by atoms with Crippen molar-refractivity contribution in [2.75, 3.05) is 0 Å². The van der Waals surface area contributed by atoms with Crippen LogP contribution in [0.25, 0.3) is 0 Å². The first-order valence-corrected chi connectivity index (χ1v) is 5.79. The van der Waals surface area contributed by atoms with Crippen molar-refractivity contribution in [1.29, 1.82) is 0 Å². The van der Waals surface area contributed by atoms with Gasteiger partial charge in [0.2, 0.25) is 0 Å². The lowest BCUT2D eigenvalue weighted by atomic mass is 10.0. The van der Waals surface area contributed by atoms with Crippen LogP contribution in [-0.4, -0.2) is 12.1 Å². The van der Waals surface area contributed by atoms with Crippen LogP contribution in [0.1, 0.15) is 36.9 Å². The summed E-state index contributed by atoms with van der Waals surface area (Å²) >= 11 is 0. The van der Waals surface area contributed by atoms with Gasteiger partial charge in [-0.05, 0) is 37.8 Å². The summed E-state index contributed by atoms with van der Waals surface area (Å²) in [5.41, 5.74) is 2.38. The van der Waals surface area contributed by atoms with Gasteiger partial charge in [-0.1, -0.05) is 24.3 Å². The lowest BCUT2D eigenvalue weighted by Gasteiger charge is -2.16. The van der Waals surface area contributed by atoms with Gasteiger partial charge in [0.1, 0.15) is 0 Å². The molecule has 0 aromatic heterocycles. The number of aryl methyl sites for hydroxylation is 1. The van der Waals surface area contributed by atoms with E-state index in [1.54, 1.807) is 0 Å². The maximum Gasteiger partial charge on any atom is 0.315 e. The minimum absolute atomic E-state index is 0.0555. The Hall–Kier alpha value is -1.51. The van der Waals surface area contributed by atoms with Crippen molar-refractivity contribution in [2.24, 2.45) is 0 Å². The molecule has 0 unspecified atom stereocenters. The highest BCUT2D eigenvalue weighted by Gasteiger charge is 2.23. The molecule has 86 valence electrons. The van der Waals surface area contributed by atoms with Crippen LogP contribution in [0.2, 0.25) is 0 Å². The van der Waals surface area contributed by atoms with Crippen molar-refractivity contribution in [2.45, 2.75) is 38.8 Å². The van der Waals surface area contributed by atoms with Gasteiger partial charge in [0.05, 0.1) is 6.04 Å². The van der Waals surface area contributed by atoms with E-state index in [0.29, 0.717) is 6.04 Å². The van der Waals surface area contributed by atoms with E-state index < -0.39 is 0 Å². The monoisotopic (exact) mass is 218 g/mol. The van der Waals surface area contributed by atoms with Gasteiger partial charge in [0, 0.05) is 6.04 Å². The molecule has 1 atom stereocenters. The van der Waals surface area contributed by atoms with E-state index in [1.165, 1.54) is 11.1 Å². The number of nitrogens with one attached hydrogen (secondary N) is 2. The average molecular weight is 218 g/mol. The molecule has 0 bridgehead atoms. The summed E-state index contributed by atoms with van der Waals surface area (Å²) in [6, 6.07) is 8.53. The zero-order chi connectivity index (χ0) is 11.5. The van der Waals surface area contributed by atoms with E-state index in [4.69, 9.17) is 0 Å². The Labute approximate surface area is 96.2 Å². The average Bonchev–Trinajstić information content (AvgIpc) is 3.01. The van der Waals surface area contributed by atoms with Crippen molar-refractivity contribution < 1.29 is 4.79 Å². The van der Waals surface area contributed by atoms with Crippen molar-refractivity contribution in [3.05, 3.63) is 35.4 Å². The Morgan fingerprint density at radius 1 is 1.38 bits per heavy atom. The maximum atomic E-state index is 11.6. The topological polar surface area (TPSA) is 41.1 Å². The van der Waals surface area contributed by atoms with Crippen LogP contribution >= 0.6 is 0 Å². The fourth-order valence-corrected chi connectivity index (χ4v) is 1.80. The van der Waals surface area contributed by atoms with Crippen molar-refractivity contribution in [3.63, 3.8) is 0 Å². The summed E-state index contributed by atoms with van der Waals surface area (Å²) in [4.78, 5) is 11.6. The second-order valence-corrected chi connectivity index (χ2v) is 4.47. The van der Waals surface area contributed by atoms with Gasteiger partial charge in [-0.25, -0.2) is 4.79 Å². The third kappa shape index (κ3) is 2.75. The normalized spacial score (nSPS) is 16.6. The summed E-state index contributed by atoms with van der Waals surface area (Å²) < 4.78 is 0. The summed E-state index contributed by atoms with van der Waals surface area (Å²) in [5, 5.41) is 5.88. The van der Waals surface area contributed by atoms with Gasteiger partial charge in [0.15, 0.2) is 0 Å². The number of rotatable bonds is 3. The smallest absolute Gasteiger partial charge is 0.315 e. The molecule has 1 aliphatic carbocycles. The Bertz CT molecular complexity index is 385. The molecule has 0 radical (unpaired) electrons. The van der Waals surface area contributed by atoms with Crippen LogP contribution < -0.4 is 10.6 Å². The number of urea groups is 1. The Balaban J connectivity index is 1.93. The SMILES string of the molecule is Cc1ccccc1[C@H](C)NC(=O)NC1CC1. The maximum absolute atomic E-state index is 11.6. The first kappa shape index (κ1) is 11.0. The van der Waals surface area contributed by atoms with Crippen molar-refractivity contribution in [3.8, 4) is 0 Å². The molecule has 1 fully saturated rings. The number of hydrogen-bond acceptors (Lipinski definition) is 1. The van der Waals surface area contributed by atoms with E-state index in [0.717, 1.165) is 12.8 Å². The molecule has 2 rings (SSSR count). The first-order valence-electron chi connectivity index (χ1n) is 5.79. The van der Waals surface area contributed by atoms with Crippen LogP contribution in [-0.2, 0) is 0 Å². The second-order valence-electron chi connectivity index (χ2n) is 4.47. The molecule has 1 aromatic carbocycles. The number of benzene rings is 1. The molecule has 0 spiro atoms. The van der Waals surface area contributed by atoms with Crippen LogP contribution in [0.5, 0.6) is 0 Å². The molecular weight excluding hydrogens is 200 g/mol. The minimum atomic E-state index is -0.0572. The second kappa shape index (κ2) is 4.56. The molecule has 1 aromatic rings. The molecule has 1 aliphatic rings. The van der Waals surface area contributed by atoms with E-state index in [9.17, 15) is 4.79 Å². The van der Waals surface area contributed by atoms with E-state index in [2.05, 4.69) is 29.7 Å². The minimum Gasteiger partial charge on any atom is -0.335 e. The van der Waals surface area contributed by atoms with Crippen LogP contribution in [0, 0.1) is 6.92 Å². The van der Waals surface area contributed by atoms with Gasteiger partial charge in [-0.2, -0.15) is 0 Å². The largest absolute Gasteiger partial charge is 0.335 e. The predicted octanol–water partition coefficient (Wildman–Crippen LogP) is 2.52. The van der Waals surface area contributed by atoms with Gasteiger partial charge >= 0.3 is 6.03 Å². The molecule has 0 heterocycles. The predicted molar refractivity (Wildman–Crippen MR) is 64.3 cm³/mol. The lowest BCUT2D eigenvalue weighted by molar-refractivity contribution is 0.237. The van der Waals surface area contributed by atoms with Crippen molar-refractivity contribution in [1.82, 2.24) is 10.6 Å². The van der Waals surface area contributed by atoms with Gasteiger partial charge < -0.3 is 10.6 Å². The molecular formula is C13H18N2O. The number of amides is 2. The van der Waals surface area contributed by atoms with E-state index in [-0.39, 0.29) is 12.1 Å². The zero-order valence-electron chi connectivity index (χ0n) is 9.79. The summed E-state index contributed by atoms with van der Waals surface area (Å²) in [7, 11) is 0. The molecule has 16 heavy (non-hydrogen) atoms. The highest BCUT2D eigenvalue weighted by molar-refractivity contribution is 5.75. The summed E-state index contributed by atoms with van der Waals surface area (Å²) in [6.45, 7) is 4.07. The standard InChI is InChI=1S/C13H18N2O/c1-9-5-3-4-6-12(9)10(2)14-13(16)15-11-7-8-11/h3-6,10-11H,7-8H2,1-2H3,(H2,14,15,16)/t10-/m0/s1. The number of hydrogen-bond donors (Lipinski definition) is 2. The van der Waals surface area contributed by atoms with Crippen LogP contribution in [0.4, 0.5) is 4.79 Å². The fourth-order valence-electron chi connectivity index (χ4n) is 1.80. The fraction of sp³-hybridized carbons (Fsp3) is 0.462. The molecule has 0 aliphatic heterocycles. The Kier molecular flexibility index (Phi) is 3.13. The van der Waals surface area contributed by atoms with Crippen molar-refractivity contribution >= 4 is 6.03 Å². The van der Waals surface area contributed by atoms with E-state index >= 15 is 0 Å². The number of carbonyl (C=O) groups is 1. The van der Waals surface area contributed by atoms with Crippen LogP contribution in [0.15, 0.2) is 24.3 Å². The highest BCUT2D eigenvalue weighted by Crippen LogP contribution is 2.19. The van der Waals surface area contributed by atoms with E-state index in [1.807, 2.05) is 19.1 Å². The highest BCUT2D eigenvalue weighted by atomic mass is 16.2. The summed E-state index contributed by atoms with van der Waals surface area (Å²) in [6.07, 6.45) is 2.23. The van der Waals surface area contributed by atoms with Gasteiger partial charge in [-0.3, -0.25) is 0 Å².